The van der Waals surface area contributed by atoms with E-state index in [1.807, 2.05) is 12.1 Å². The van der Waals surface area contributed by atoms with E-state index in [-0.39, 0.29) is 17.4 Å². The lowest BCUT2D eigenvalue weighted by Gasteiger charge is -2.22. The number of benzene rings is 1. The molecule has 3 rings (SSSR count). The Labute approximate surface area is 153 Å². The lowest BCUT2D eigenvalue weighted by atomic mass is 9.98. The van der Waals surface area contributed by atoms with E-state index in [9.17, 15) is 13.2 Å². The maximum absolute atomic E-state index is 12.7. The quantitative estimate of drug-likeness (QED) is 0.743. The van der Waals surface area contributed by atoms with Gasteiger partial charge in [0.2, 0.25) is 15.9 Å². The van der Waals surface area contributed by atoms with Crippen LogP contribution >= 0.6 is 0 Å². The van der Waals surface area contributed by atoms with Crippen LogP contribution in [-0.2, 0) is 21.4 Å². The first-order valence-electron chi connectivity index (χ1n) is 8.45. The van der Waals surface area contributed by atoms with Gasteiger partial charge >= 0.3 is 0 Å². The van der Waals surface area contributed by atoms with Crippen LogP contribution in [0.5, 0.6) is 0 Å². The normalized spacial score (nSPS) is 19.3. The Balaban J connectivity index is 1.68. The SMILES string of the molecule is NC(=O)C(NCc1ccncc1)C1CCN(S(=O)(=O)c2ccccc2)C1. The fraction of sp³-hybridized carbons (Fsp3) is 0.333. The average Bonchev–Trinajstić information content (AvgIpc) is 3.14. The molecule has 3 N–H and O–H groups in total. The summed E-state index contributed by atoms with van der Waals surface area (Å²) in [6.45, 7) is 1.12. The molecule has 2 unspecified atom stereocenters. The van der Waals surface area contributed by atoms with E-state index in [2.05, 4.69) is 10.3 Å². The van der Waals surface area contributed by atoms with Gasteiger partial charge in [-0.15, -0.1) is 0 Å². The van der Waals surface area contributed by atoms with Crippen molar-refractivity contribution in [3.8, 4) is 0 Å². The molecule has 1 aromatic heterocycles. The molecule has 2 atom stereocenters. The zero-order valence-corrected chi connectivity index (χ0v) is 15.1. The van der Waals surface area contributed by atoms with Crippen LogP contribution in [0.4, 0.5) is 0 Å². The summed E-state index contributed by atoms with van der Waals surface area (Å²) in [4.78, 5) is 16.1. The minimum atomic E-state index is -3.55. The number of primary amides is 1. The number of nitrogens with two attached hydrogens (primary N) is 1. The maximum Gasteiger partial charge on any atom is 0.243 e. The molecule has 2 aromatic rings. The molecule has 8 heteroatoms. The number of amides is 1. The molecule has 0 aliphatic carbocycles. The Morgan fingerprint density at radius 1 is 1.23 bits per heavy atom. The van der Waals surface area contributed by atoms with Crippen LogP contribution in [0.25, 0.3) is 0 Å². The van der Waals surface area contributed by atoms with Crippen molar-refractivity contribution in [2.45, 2.75) is 23.9 Å². The molecule has 1 aliphatic heterocycles. The number of carbonyl (C=O) groups excluding carboxylic acids is 1. The molecule has 0 bridgehead atoms. The van der Waals surface area contributed by atoms with Gasteiger partial charge < -0.3 is 11.1 Å². The van der Waals surface area contributed by atoms with Crippen LogP contribution in [-0.4, -0.2) is 42.7 Å². The Kier molecular flexibility index (Phi) is 5.65. The highest BCUT2D eigenvalue weighted by Crippen LogP contribution is 2.26. The average molecular weight is 374 g/mol. The topological polar surface area (TPSA) is 105 Å². The van der Waals surface area contributed by atoms with Gasteiger partial charge in [-0.25, -0.2) is 8.42 Å². The summed E-state index contributed by atoms with van der Waals surface area (Å²) >= 11 is 0. The summed E-state index contributed by atoms with van der Waals surface area (Å²) in [6, 6.07) is 11.5. The number of pyridine rings is 1. The minimum absolute atomic E-state index is 0.159. The number of carbonyl (C=O) groups is 1. The van der Waals surface area contributed by atoms with Crippen molar-refractivity contribution >= 4 is 15.9 Å². The third kappa shape index (κ3) is 4.09. The number of nitrogens with zero attached hydrogens (tertiary/aromatic N) is 2. The molecular formula is C18H22N4O3S. The third-order valence-electron chi connectivity index (χ3n) is 4.62. The molecule has 0 spiro atoms. The maximum atomic E-state index is 12.7. The summed E-state index contributed by atoms with van der Waals surface area (Å²) in [6.07, 6.45) is 3.95. The van der Waals surface area contributed by atoms with E-state index in [1.54, 1.807) is 42.7 Å². The van der Waals surface area contributed by atoms with Crippen LogP contribution in [0.2, 0.25) is 0 Å². The second kappa shape index (κ2) is 7.94. The summed E-state index contributed by atoms with van der Waals surface area (Å²) in [7, 11) is -3.55. The monoisotopic (exact) mass is 374 g/mol. The smallest absolute Gasteiger partial charge is 0.243 e. The van der Waals surface area contributed by atoms with Crippen molar-refractivity contribution in [3.05, 3.63) is 60.4 Å². The molecule has 1 amide bonds. The van der Waals surface area contributed by atoms with E-state index in [0.29, 0.717) is 19.5 Å². The molecule has 0 saturated carbocycles. The Hall–Kier alpha value is -2.29. The second-order valence-electron chi connectivity index (χ2n) is 6.34. The number of nitrogens with one attached hydrogen (secondary N) is 1. The van der Waals surface area contributed by atoms with Gasteiger partial charge in [-0.05, 0) is 42.2 Å². The summed E-state index contributed by atoms with van der Waals surface area (Å²) in [5.74, 6) is -0.629. The second-order valence-corrected chi connectivity index (χ2v) is 8.28. The summed E-state index contributed by atoms with van der Waals surface area (Å²) in [5.41, 5.74) is 6.55. The van der Waals surface area contributed by atoms with Crippen LogP contribution in [0, 0.1) is 5.92 Å². The van der Waals surface area contributed by atoms with Gasteiger partial charge in [0.05, 0.1) is 10.9 Å². The van der Waals surface area contributed by atoms with E-state index < -0.39 is 22.0 Å². The van der Waals surface area contributed by atoms with Crippen LogP contribution in [0.3, 0.4) is 0 Å². The predicted molar refractivity (Wildman–Crippen MR) is 97.4 cm³/mol. The van der Waals surface area contributed by atoms with Gasteiger partial charge in [0, 0.05) is 32.0 Å². The lowest BCUT2D eigenvalue weighted by molar-refractivity contribution is -0.121. The fourth-order valence-electron chi connectivity index (χ4n) is 3.21. The number of aromatic nitrogens is 1. The van der Waals surface area contributed by atoms with Crippen LogP contribution in [0.15, 0.2) is 59.8 Å². The molecule has 1 aliphatic rings. The van der Waals surface area contributed by atoms with Gasteiger partial charge in [0.15, 0.2) is 0 Å². The molecule has 138 valence electrons. The highest BCUT2D eigenvalue weighted by Gasteiger charge is 2.37. The molecule has 7 nitrogen and oxygen atoms in total. The molecule has 1 fully saturated rings. The molecule has 0 radical (unpaired) electrons. The number of hydrogen-bond acceptors (Lipinski definition) is 5. The van der Waals surface area contributed by atoms with Crippen LogP contribution < -0.4 is 11.1 Å². The number of hydrogen-bond donors (Lipinski definition) is 2. The molecular weight excluding hydrogens is 352 g/mol. The fourth-order valence-corrected chi connectivity index (χ4v) is 4.75. The summed E-state index contributed by atoms with van der Waals surface area (Å²) < 4.78 is 26.9. The first-order valence-corrected chi connectivity index (χ1v) is 9.89. The number of rotatable bonds is 7. The number of sulfonamides is 1. The van der Waals surface area contributed by atoms with Crippen molar-refractivity contribution in [1.82, 2.24) is 14.6 Å². The molecule has 2 heterocycles. The predicted octanol–water partition coefficient (Wildman–Crippen LogP) is 0.736. The standard InChI is InChI=1S/C18H22N4O3S/c19-18(23)17(21-12-14-6-9-20-10-7-14)15-8-11-22(13-15)26(24,25)16-4-2-1-3-5-16/h1-7,9-10,15,17,21H,8,11-13H2,(H2,19,23). The first kappa shape index (κ1) is 18.5. The zero-order valence-electron chi connectivity index (χ0n) is 14.3. The Morgan fingerprint density at radius 3 is 2.58 bits per heavy atom. The van der Waals surface area contributed by atoms with Crippen LogP contribution in [0.1, 0.15) is 12.0 Å². The van der Waals surface area contributed by atoms with E-state index in [1.165, 1.54) is 4.31 Å². The third-order valence-corrected chi connectivity index (χ3v) is 6.50. The van der Waals surface area contributed by atoms with E-state index in [4.69, 9.17) is 5.73 Å². The largest absolute Gasteiger partial charge is 0.368 e. The van der Waals surface area contributed by atoms with Gasteiger partial charge in [0.1, 0.15) is 0 Å². The Morgan fingerprint density at radius 2 is 1.92 bits per heavy atom. The lowest BCUT2D eigenvalue weighted by Crippen LogP contribution is -2.47. The van der Waals surface area contributed by atoms with Gasteiger partial charge in [-0.1, -0.05) is 18.2 Å². The van der Waals surface area contributed by atoms with Crippen molar-refractivity contribution in [3.63, 3.8) is 0 Å². The highest BCUT2D eigenvalue weighted by molar-refractivity contribution is 7.89. The zero-order chi connectivity index (χ0) is 18.6. The van der Waals surface area contributed by atoms with Crippen molar-refractivity contribution < 1.29 is 13.2 Å². The van der Waals surface area contributed by atoms with Crippen molar-refractivity contribution in [1.29, 1.82) is 0 Å². The van der Waals surface area contributed by atoms with Gasteiger partial charge in [0.25, 0.3) is 0 Å². The van der Waals surface area contributed by atoms with E-state index in [0.717, 1.165) is 5.56 Å². The van der Waals surface area contributed by atoms with Gasteiger partial charge in [-0.2, -0.15) is 4.31 Å². The molecule has 1 aromatic carbocycles. The minimum Gasteiger partial charge on any atom is -0.368 e. The Bertz CT molecular complexity index is 843. The highest BCUT2D eigenvalue weighted by atomic mass is 32.2. The van der Waals surface area contributed by atoms with Crippen molar-refractivity contribution in [2.24, 2.45) is 11.7 Å². The van der Waals surface area contributed by atoms with E-state index >= 15 is 0 Å². The first-order chi connectivity index (χ1) is 12.5. The van der Waals surface area contributed by atoms with Crippen molar-refractivity contribution in [2.75, 3.05) is 13.1 Å². The summed E-state index contributed by atoms with van der Waals surface area (Å²) in [5, 5.41) is 3.17. The molecule has 26 heavy (non-hydrogen) atoms. The van der Waals surface area contributed by atoms with Gasteiger partial charge in [-0.3, -0.25) is 9.78 Å². The molecule has 1 saturated heterocycles.